The van der Waals surface area contributed by atoms with Gasteiger partial charge in [-0.05, 0) is 54.5 Å². The molecule has 1 aliphatic carbocycles. The monoisotopic (exact) mass is 188 g/mol. The minimum Gasteiger partial charge on any atom is -0.399 e. The summed E-state index contributed by atoms with van der Waals surface area (Å²) >= 11 is 0. The SMILES string of the molecule is Nc1ccc2c(c1)C1CNCCC1C2. The van der Waals surface area contributed by atoms with Crippen LogP contribution in [0.2, 0.25) is 0 Å². The lowest BCUT2D eigenvalue weighted by atomic mass is 9.87. The fourth-order valence-electron chi connectivity index (χ4n) is 2.95. The minimum atomic E-state index is 0.724. The molecular formula is C12H16N2. The standard InChI is InChI=1S/C12H16N2/c13-10-2-1-8-5-9-3-4-14-7-12(9)11(8)6-10/h1-2,6,9,12,14H,3-5,7,13H2. The van der Waals surface area contributed by atoms with Gasteiger partial charge < -0.3 is 11.1 Å². The van der Waals surface area contributed by atoms with Gasteiger partial charge in [0.1, 0.15) is 0 Å². The second-order valence-electron chi connectivity index (χ2n) is 4.52. The molecular weight excluding hydrogens is 172 g/mol. The molecule has 1 saturated heterocycles. The normalized spacial score (nSPS) is 29.7. The van der Waals surface area contributed by atoms with Gasteiger partial charge in [0.15, 0.2) is 0 Å². The second-order valence-corrected chi connectivity index (χ2v) is 4.52. The molecule has 2 unspecified atom stereocenters. The minimum absolute atomic E-state index is 0.724. The van der Waals surface area contributed by atoms with Crippen molar-refractivity contribution in [1.82, 2.24) is 5.32 Å². The lowest BCUT2D eigenvalue weighted by Gasteiger charge is -2.26. The van der Waals surface area contributed by atoms with Gasteiger partial charge in [-0.25, -0.2) is 0 Å². The van der Waals surface area contributed by atoms with E-state index in [9.17, 15) is 0 Å². The fraction of sp³-hybridized carbons (Fsp3) is 0.500. The molecule has 2 aliphatic rings. The highest BCUT2D eigenvalue weighted by molar-refractivity contribution is 5.49. The zero-order valence-electron chi connectivity index (χ0n) is 8.29. The van der Waals surface area contributed by atoms with Crippen LogP contribution in [0.1, 0.15) is 23.5 Å². The van der Waals surface area contributed by atoms with Crippen LogP contribution >= 0.6 is 0 Å². The summed E-state index contributed by atoms with van der Waals surface area (Å²) in [4.78, 5) is 0. The maximum atomic E-state index is 5.83. The number of nitrogens with one attached hydrogen (secondary N) is 1. The molecule has 1 heterocycles. The summed E-state index contributed by atoms with van der Waals surface area (Å²) in [6, 6.07) is 6.42. The first-order chi connectivity index (χ1) is 6.84. The van der Waals surface area contributed by atoms with Crippen LogP contribution in [0.3, 0.4) is 0 Å². The van der Waals surface area contributed by atoms with Gasteiger partial charge in [0, 0.05) is 12.2 Å². The van der Waals surface area contributed by atoms with Crippen molar-refractivity contribution in [3.8, 4) is 0 Å². The molecule has 0 radical (unpaired) electrons. The molecule has 0 spiro atoms. The predicted octanol–water partition coefficient (Wildman–Crippen LogP) is 1.52. The van der Waals surface area contributed by atoms with E-state index in [1.165, 1.54) is 30.5 Å². The third-order valence-corrected chi connectivity index (χ3v) is 3.68. The molecule has 0 bridgehead atoms. The van der Waals surface area contributed by atoms with E-state index in [-0.39, 0.29) is 0 Å². The first-order valence-electron chi connectivity index (χ1n) is 5.43. The second kappa shape index (κ2) is 2.99. The van der Waals surface area contributed by atoms with Crippen LogP contribution in [0.15, 0.2) is 18.2 Å². The third kappa shape index (κ3) is 1.14. The number of fused-ring (bicyclic) bond motifs is 3. The van der Waals surface area contributed by atoms with Gasteiger partial charge in [-0.1, -0.05) is 6.07 Å². The van der Waals surface area contributed by atoms with Crippen molar-refractivity contribution in [2.45, 2.75) is 18.8 Å². The van der Waals surface area contributed by atoms with Crippen LogP contribution in [-0.4, -0.2) is 13.1 Å². The average molecular weight is 188 g/mol. The quantitative estimate of drug-likeness (QED) is 0.606. The van der Waals surface area contributed by atoms with Gasteiger partial charge in [0.2, 0.25) is 0 Å². The van der Waals surface area contributed by atoms with E-state index < -0.39 is 0 Å². The zero-order valence-corrected chi connectivity index (χ0v) is 8.29. The third-order valence-electron chi connectivity index (χ3n) is 3.68. The smallest absolute Gasteiger partial charge is 0.0317 e. The van der Waals surface area contributed by atoms with Gasteiger partial charge in [-0.2, -0.15) is 0 Å². The van der Waals surface area contributed by atoms with E-state index in [1.807, 2.05) is 6.07 Å². The van der Waals surface area contributed by atoms with Crippen LogP contribution in [-0.2, 0) is 6.42 Å². The van der Waals surface area contributed by atoms with Gasteiger partial charge in [-0.15, -0.1) is 0 Å². The summed E-state index contributed by atoms with van der Waals surface area (Å²) in [6.07, 6.45) is 2.58. The highest BCUT2D eigenvalue weighted by atomic mass is 14.9. The van der Waals surface area contributed by atoms with Crippen LogP contribution in [0.5, 0.6) is 0 Å². The molecule has 1 aromatic rings. The van der Waals surface area contributed by atoms with Crippen molar-refractivity contribution in [3.63, 3.8) is 0 Å². The molecule has 0 saturated carbocycles. The number of benzene rings is 1. The highest BCUT2D eigenvalue weighted by Gasteiger charge is 2.33. The Morgan fingerprint density at radius 3 is 3.21 bits per heavy atom. The number of anilines is 1. The van der Waals surface area contributed by atoms with Gasteiger partial charge in [-0.3, -0.25) is 0 Å². The molecule has 1 fully saturated rings. The number of rotatable bonds is 0. The van der Waals surface area contributed by atoms with Crippen molar-refractivity contribution in [2.24, 2.45) is 5.92 Å². The van der Waals surface area contributed by atoms with Crippen LogP contribution in [0.25, 0.3) is 0 Å². The molecule has 14 heavy (non-hydrogen) atoms. The molecule has 3 rings (SSSR count). The summed E-state index contributed by atoms with van der Waals surface area (Å²) in [5, 5.41) is 3.48. The topological polar surface area (TPSA) is 38.0 Å². The summed E-state index contributed by atoms with van der Waals surface area (Å²) in [7, 11) is 0. The van der Waals surface area contributed by atoms with Gasteiger partial charge >= 0.3 is 0 Å². The summed E-state index contributed by atoms with van der Waals surface area (Å²) in [5.41, 5.74) is 9.77. The zero-order chi connectivity index (χ0) is 9.54. The number of hydrogen-bond acceptors (Lipinski definition) is 2. The lowest BCUT2D eigenvalue weighted by Crippen LogP contribution is -2.32. The number of nitrogen functional groups attached to an aromatic ring is 1. The van der Waals surface area contributed by atoms with E-state index in [4.69, 9.17) is 5.73 Å². The molecule has 74 valence electrons. The maximum absolute atomic E-state index is 5.83. The maximum Gasteiger partial charge on any atom is 0.0317 e. The number of piperidine rings is 1. The number of hydrogen-bond donors (Lipinski definition) is 2. The van der Waals surface area contributed by atoms with E-state index in [0.29, 0.717) is 0 Å². The van der Waals surface area contributed by atoms with Crippen molar-refractivity contribution in [2.75, 3.05) is 18.8 Å². The molecule has 2 nitrogen and oxygen atoms in total. The Bertz CT molecular complexity index is 359. The Morgan fingerprint density at radius 2 is 2.29 bits per heavy atom. The predicted molar refractivity (Wildman–Crippen MR) is 58.3 cm³/mol. The van der Waals surface area contributed by atoms with Gasteiger partial charge in [0.25, 0.3) is 0 Å². The van der Waals surface area contributed by atoms with E-state index in [1.54, 1.807) is 0 Å². The first kappa shape index (κ1) is 8.30. The molecule has 1 aliphatic heterocycles. The van der Waals surface area contributed by atoms with Crippen LogP contribution in [0.4, 0.5) is 5.69 Å². The Balaban J connectivity index is 2.02. The molecule has 0 amide bonds. The van der Waals surface area contributed by atoms with E-state index in [2.05, 4.69) is 17.4 Å². The van der Waals surface area contributed by atoms with E-state index >= 15 is 0 Å². The fourth-order valence-corrected chi connectivity index (χ4v) is 2.95. The molecule has 0 aromatic heterocycles. The van der Waals surface area contributed by atoms with Crippen molar-refractivity contribution in [3.05, 3.63) is 29.3 Å². The molecule has 3 N–H and O–H groups in total. The molecule has 2 atom stereocenters. The lowest BCUT2D eigenvalue weighted by molar-refractivity contribution is 0.347. The average Bonchev–Trinajstić information content (AvgIpc) is 2.56. The van der Waals surface area contributed by atoms with Crippen molar-refractivity contribution < 1.29 is 0 Å². The molecule has 1 aromatic carbocycles. The van der Waals surface area contributed by atoms with Crippen LogP contribution < -0.4 is 11.1 Å². The number of nitrogens with two attached hydrogens (primary N) is 1. The Kier molecular flexibility index (Phi) is 1.77. The summed E-state index contributed by atoms with van der Waals surface area (Å²) in [6.45, 7) is 2.33. The Morgan fingerprint density at radius 1 is 1.36 bits per heavy atom. The van der Waals surface area contributed by atoms with Gasteiger partial charge in [0.05, 0.1) is 0 Å². The Labute approximate surface area is 84.5 Å². The summed E-state index contributed by atoms with van der Waals surface area (Å²) in [5.74, 6) is 1.59. The summed E-state index contributed by atoms with van der Waals surface area (Å²) < 4.78 is 0. The van der Waals surface area contributed by atoms with Crippen molar-refractivity contribution in [1.29, 1.82) is 0 Å². The van der Waals surface area contributed by atoms with Crippen molar-refractivity contribution >= 4 is 5.69 Å². The van der Waals surface area contributed by atoms with E-state index in [0.717, 1.165) is 24.1 Å². The largest absolute Gasteiger partial charge is 0.399 e. The highest BCUT2D eigenvalue weighted by Crippen LogP contribution is 2.41. The Hall–Kier alpha value is -1.02. The van der Waals surface area contributed by atoms with Crippen LogP contribution in [0, 0.1) is 5.92 Å². The molecule has 2 heteroatoms. The first-order valence-corrected chi connectivity index (χ1v) is 5.43.